The second-order valence-corrected chi connectivity index (χ2v) is 9.01. The highest BCUT2D eigenvalue weighted by atomic mass is 19.1. The van der Waals surface area contributed by atoms with Gasteiger partial charge in [0, 0.05) is 55.2 Å². The Balaban J connectivity index is 1.50. The molecule has 3 heterocycles. The maximum atomic E-state index is 15.3. The third-order valence-corrected chi connectivity index (χ3v) is 6.46. The van der Waals surface area contributed by atoms with Gasteiger partial charge in [-0.05, 0) is 44.2 Å². The van der Waals surface area contributed by atoms with Crippen LogP contribution in [0.3, 0.4) is 0 Å². The first kappa shape index (κ1) is 25.4. The van der Waals surface area contributed by atoms with Gasteiger partial charge in [-0.2, -0.15) is 0 Å². The maximum Gasteiger partial charge on any atom is 0.262 e. The molecule has 198 valence electrons. The molecular weight excluding hydrogens is 494 g/mol. The Labute approximate surface area is 218 Å². The molecule has 1 fully saturated rings. The molecule has 11 heteroatoms. The normalized spacial score (nSPS) is 13.6. The van der Waals surface area contributed by atoms with Crippen molar-refractivity contribution in [3.8, 4) is 11.6 Å². The third kappa shape index (κ3) is 4.97. The van der Waals surface area contributed by atoms with Crippen LogP contribution in [0.2, 0.25) is 0 Å². The largest absolute Gasteiger partial charge is 0.435 e. The lowest BCUT2D eigenvalue weighted by Crippen LogP contribution is -2.36. The zero-order chi connectivity index (χ0) is 26.8. The van der Waals surface area contributed by atoms with Crippen molar-refractivity contribution in [2.75, 3.05) is 50.1 Å². The van der Waals surface area contributed by atoms with E-state index in [2.05, 4.69) is 25.2 Å². The van der Waals surface area contributed by atoms with Gasteiger partial charge >= 0.3 is 0 Å². The number of aromatic nitrogens is 3. The highest BCUT2D eigenvalue weighted by Gasteiger charge is 2.26. The van der Waals surface area contributed by atoms with Crippen molar-refractivity contribution < 1.29 is 23.0 Å². The molecule has 5 rings (SSSR count). The van der Waals surface area contributed by atoms with E-state index >= 15 is 4.39 Å². The van der Waals surface area contributed by atoms with Crippen LogP contribution in [-0.4, -0.2) is 65.7 Å². The summed E-state index contributed by atoms with van der Waals surface area (Å²) < 4.78 is 41.1. The zero-order valence-electron chi connectivity index (χ0n) is 21.3. The summed E-state index contributed by atoms with van der Waals surface area (Å²) in [6, 6.07) is 10.1. The van der Waals surface area contributed by atoms with Gasteiger partial charge in [-0.1, -0.05) is 0 Å². The molecule has 9 nitrogen and oxygen atoms in total. The van der Waals surface area contributed by atoms with E-state index in [9.17, 15) is 9.18 Å². The number of aromatic amines is 1. The van der Waals surface area contributed by atoms with Crippen LogP contribution in [0.25, 0.3) is 10.9 Å². The number of nitrogens with zero attached hydrogens (tertiary/aromatic N) is 4. The molecule has 1 amide bonds. The van der Waals surface area contributed by atoms with Gasteiger partial charge in [0.2, 0.25) is 5.88 Å². The fraction of sp³-hybridized carbons (Fsp3) is 0.296. The molecule has 38 heavy (non-hydrogen) atoms. The molecule has 0 atom stereocenters. The minimum Gasteiger partial charge on any atom is -0.435 e. The Morgan fingerprint density at radius 2 is 1.92 bits per heavy atom. The minimum absolute atomic E-state index is 0.000685. The van der Waals surface area contributed by atoms with Crippen molar-refractivity contribution in [1.82, 2.24) is 19.9 Å². The van der Waals surface area contributed by atoms with E-state index in [0.29, 0.717) is 31.1 Å². The van der Waals surface area contributed by atoms with Crippen LogP contribution in [0, 0.1) is 18.6 Å². The van der Waals surface area contributed by atoms with Gasteiger partial charge in [0.05, 0.1) is 18.7 Å². The lowest BCUT2D eigenvalue weighted by Gasteiger charge is -2.29. The summed E-state index contributed by atoms with van der Waals surface area (Å²) in [6.45, 7) is 6.91. The fourth-order valence-corrected chi connectivity index (χ4v) is 4.30. The van der Waals surface area contributed by atoms with E-state index in [4.69, 9.17) is 9.47 Å². The van der Waals surface area contributed by atoms with Crippen molar-refractivity contribution >= 4 is 34.0 Å². The molecule has 2 aromatic carbocycles. The van der Waals surface area contributed by atoms with Crippen molar-refractivity contribution in [3.05, 3.63) is 65.6 Å². The summed E-state index contributed by atoms with van der Waals surface area (Å²) in [5.74, 6) is -2.28. The second-order valence-electron chi connectivity index (χ2n) is 9.01. The summed E-state index contributed by atoms with van der Waals surface area (Å²) >= 11 is 0. The number of morpholine rings is 1. The topological polar surface area (TPSA) is 95.6 Å². The molecule has 0 saturated carbocycles. The molecule has 0 radical (unpaired) electrons. The van der Waals surface area contributed by atoms with Crippen LogP contribution in [0.1, 0.15) is 23.0 Å². The lowest BCUT2D eigenvalue weighted by atomic mass is 10.2. The number of carbonyl (C=O) groups excluding carboxylic acids is 1. The fourth-order valence-electron chi connectivity index (χ4n) is 4.30. The van der Waals surface area contributed by atoms with Crippen LogP contribution in [0.15, 0.2) is 42.7 Å². The number of amides is 1. The Morgan fingerprint density at radius 3 is 2.63 bits per heavy atom. The second kappa shape index (κ2) is 10.6. The number of anilines is 3. The Kier molecular flexibility index (Phi) is 7.10. The van der Waals surface area contributed by atoms with Crippen LogP contribution in [0.5, 0.6) is 11.6 Å². The summed E-state index contributed by atoms with van der Waals surface area (Å²) in [5.41, 5.74) is 2.38. The van der Waals surface area contributed by atoms with Gasteiger partial charge in [0.25, 0.3) is 5.91 Å². The molecule has 1 aliphatic heterocycles. The number of hydrogen-bond donors (Lipinski definition) is 2. The molecule has 1 saturated heterocycles. The quantitative estimate of drug-likeness (QED) is 0.352. The first-order chi connectivity index (χ1) is 18.4. The molecule has 2 N–H and O–H groups in total. The zero-order valence-corrected chi connectivity index (χ0v) is 21.3. The third-order valence-electron chi connectivity index (χ3n) is 6.46. The van der Waals surface area contributed by atoms with Gasteiger partial charge in [-0.15, -0.1) is 0 Å². The Hall–Kier alpha value is -4.25. The number of benzene rings is 2. The number of rotatable bonds is 7. The molecule has 0 bridgehead atoms. The summed E-state index contributed by atoms with van der Waals surface area (Å²) in [7, 11) is 1.62. The number of halogens is 2. The molecule has 0 aliphatic carbocycles. The number of ether oxygens (including phenoxy) is 2. The van der Waals surface area contributed by atoms with Crippen LogP contribution < -0.4 is 15.0 Å². The summed E-state index contributed by atoms with van der Waals surface area (Å²) in [6.07, 6.45) is 1.20. The molecule has 1 aliphatic rings. The lowest BCUT2D eigenvalue weighted by molar-refractivity contribution is 0.0799. The van der Waals surface area contributed by atoms with Gasteiger partial charge in [-0.25, -0.2) is 18.7 Å². The molecule has 4 aromatic rings. The number of fused-ring (bicyclic) bond motifs is 1. The number of aryl methyl sites for hydroxylation is 1. The van der Waals surface area contributed by atoms with Crippen molar-refractivity contribution in [2.24, 2.45) is 0 Å². The Morgan fingerprint density at radius 1 is 1.18 bits per heavy atom. The first-order valence-electron chi connectivity index (χ1n) is 12.3. The van der Waals surface area contributed by atoms with Gasteiger partial charge < -0.3 is 29.6 Å². The van der Waals surface area contributed by atoms with E-state index in [-0.39, 0.29) is 33.9 Å². The predicted octanol–water partition coefficient (Wildman–Crippen LogP) is 5.01. The van der Waals surface area contributed by atoms with E-state index in [0.717, 1.165) is 24.8 Å². The predicted molar refractivity (Wildman–Crippen MR) is 140 cm³/mol. The number of nitrogens with one attached hydrogen (secondary N) is 2. The standard InChI is InChI=1S/C27H28F2N6O3/c1-4-34(3)27(36)22-25(33-17-5-7-18(8-6-17)35-9-11-37-12-10-35)30-15-31-26(22)38-21-14-20(28)24-19(23(21)29)13-16(2)32-24/h5-8,13-15,32H,4,9-12H2,1-3H3,(H,30,31,33). The van der Waals surface area contributed by atoms with Gasteiger partial charge in [0.1, 0.15) is 11.9 Å². The number of H-pyrrole nitrogens is 1. The van der Waals surface area contributed by atoms with E-state index in [1.165, 1.54) is 17.3 Å². The van der Waals surface area contributed by atoms with Crippen LogP contribution >= 0.6 is 0 Å². The molecular formula is C27H28F2N6O3. The number of carbonyl (C=O) groups is 1. The minimum atomic E-state index is -0.764. The SMILES string of the molecule is CCN(C)C(=O)c1c(Nc2ccc(N3CCOCC3)cc2)ncnc1Oc1cc(F)c2[nH]c(C)cc2c1F. The van der Waals surface area contributed by atoms with E-state index in [1.807, 2.05) is 31.2 Å². The van der Waals surface area contributed by atoms with Crippen molar-refractivity contribution in [3.63, 3.8) is 0 Å². The van der Waals surface area contributed by atoms with Gasteiger partial charge in [-0.3, -0.25) is 4.79 Å². The van der Waals surface area contributed by atoms with E-state index < -0.39 is 17.5 Å². The van der Waals surface area contributed by atoms with Gasteiger partial charge in [0.15, 0.2) is 23.2 Å². The summed E-state index contributed by atoms with van der Waals surface area (Å²) in [4.78, 5) is 28.2. The summed E-state index contributed by atoms with van der Waals surface area (Å²) in [5, 5.41) is 3.20. The molecule has 2 aromatic heterocycles. The maximum absolute atomic E-state index is 15.3. The highest BCUT2D eigenvalue weighted by Crippen LogP contribution is 2.35. The highest BCUT2D eigenvalue weighted by molar-refractivity contribution is 6.01. The monoisotopic (exact) mass is 522 g/mol. The average Bonchev–Trinajstić information content (AvgIpc) is 3.34. The average molecular weight is 523 g/mol. The molecule has 0 unspecified atom stereocenters. The van der Waals surface area contributed by atoms with Crippen LogP contribution in [-0.2, 0) is 4.74 Å². The number of hydrogen-bond acceptors (Lipinski definition) is 7. The first-order valence-corrected chi connectivity index (χ1v) is 12.3. The van der Waals surface area contributed by atoms with Crippen molar-refractivity contribution in [1.29, 1.82) is 0 Å². The Bertz CT molecular complexity index is 1470. The van der Waals surface area contributed by atoms with Crippen LogP contribution in [0.4, 0.5) is 26.0 Å². The van der Waals surface area contributed by atoms with E-state index in [1.54, 1.807) is 14.0 Å². The smallest absolute Gasteiger partial charge is 0.262 e. The van der Waals surface area contributed by atoms with Crippen molar-refractivity contribution in [2.45, 2.75) is 13.8 Å². The molecule has 0 spiro atoms.